The number of halogens is 2. The zero-order chi connectivity index (χ0) is 25.3. The van der Waals surface area contributed by atoms with Crippen molar-refractivity contribution in [3.8, 4) is 0 Å². The molecule has 10 heteroatoms. The summed E-state index contributed by atoms with van der Waals surface area (Å²) in [6.07, 6.45) is 1.60. The average molecular weight is 606 g/mol. The fourth-order valence-electron chi connectivity index (χ4n) is 4.48. The van der Waals surface area contributed by atoms with E-state index in [2.05, 4.69) is 37.2 Å². The topological polar surface area (TPSA) is 113 Å². The van der Waals surface area contributed by atoms with E-state index in [0.717, 1.165) is 5.56 Å². The molecule has 2 aliphatic heterocycles. The second kappa shape index (κ2) is 10.5. The Bertz CT molecular complexity index is 1180. The fraction of sp³-hybridized carbons (Fsp3) is 0.360. The number of Topliss-reactive ketones (excluding diaryl/α,β-unsaturated/α-hetero) is 2. The number of ketones is 2. The number of nitrogens with two attached hydrogens (primary N) is 1. The monoisotopic (exact) mass is 604 g/mol. The van der Waals surface area contributed by atoms with Gasteiger partial charge in [0.2, 0.25) is 5.91 Å². The molecule has 8 nitrogen and oxygen atoms in total. The third kappa shape index (κ3) is 5.59. The average Bonchev–Trinajstić information content (AvgIpc) is 2.84. The van der Waals surface area contributed by atoms with Gasteiger partial charge >= 0.3 is 6.03 Å². The minimum atomic E-state index is -0.186. The van der Waals surface area contributed by atoms with Crippen LogP contribution in [-0.2, 0) is 11.3 Å². The predicted octanol–water partition coefficient (Wildman–Crippen LogP) is 5.00. The van der Waals surface area contributed by atoms with E-state index in [-0.39, 0.29) is 42.4 Å². The first-order valence-electron chi connectivity index (χ1n) is 11.4. The highest BCUT2D eigenvalue weighted by Gasteiger charge is 2.33. The number of nitrogens with one attached hydrogen (secondary N) is 1. The summed E-state index contributed by atoms with van der Waals surface area (Å²) in [5, 5.41) is 2.90. The molecule has 0 aliphatic carbocycles. The van der Waals surface area contributed by atoms with Gasteiger partial charge in [0.25, 0.3) is 0 Å². The Balaban J connectivity index is 1.30. The van der Waals surface area contributed by atoms with Gasteiger partial charge in [-0.1, -0.05) is 12.1 Å². The van der Waals surface area contributed by atoms with Gasteiger partial charge in [-0.3, -0.25) is 14.4 Å². The summed E-state index contributed by atoms with van der Waals surface area (Å²) in [6.45, 7) is 3.05. The number of fused-ring (bicyclic) bond motifs is 1. The first-order chi connectivity index (χ1) is 16.6. The van der Waals surface area contributed by atoms with Crippen LogP contribution in [0.3, 0.4) is 0 Å². The molecule has 184 valence electrons. The Morgan fingerprint density at radius 1 is 1.03 bits per heavy atom. The second-order valence-corrected chi connectivity index (χ2v) is 10.6. The molecule has 0 bridgehead atoms. The number of likely N-dealkylation sites (tertiary alicyclic amines) is 1. The lowest BCUT2D eigenvalue weighted by molar-refractivity contribution is -0.132. The summed E-state index contributed by atoms with van der Waals surface area (Å²) < 4.78 is 1.26. The number of benzene rings is 2. The van der Waals surface area contributed by atoms with Gasteiger partial charge in [0, 0.05) is 64.3 Å². The van der Waals surface area contributed by atoms with Crippen LogP contribution in [0.25, 0.3) is 0 Å². The molecule has 0 unspecified atom stereocenters. The SMILES string of the molecule is CC(=O)c1ccc2c(c1)NC(=O)N(C1CCN(C(=O)CCC(=O)c3cc(Br)c(N)c(Br)c3)CC1)C2. The van der Waals surface area contributed by atoms with Gasteiger partial charge in [0.15, 0.2) is 11.6 Å². The van der Waals surface area contributed by atoms with Crippen LogP contribution >= 0.6 is 31.9 Å². The summed E-state index contributed by atoms with van der Waals surface area (Å²) in [7, 11) is 0. The molecule has 35 heavy (non-hydrogen) atoms. The van der Waals surface area contributed by atoms with E-state index in [1.165, 1.54) is 6.92 Å². The number of hydrogen-bond acceptors (Lipinski definition) is 5. The van der Waals surface area contributed by atoms with Crippen LogP contribution in [0.1, 0.15) is 58.9 Å². The molecule has 0 atom stereocenters. The molecule has 4 rings (SSSR count). The Kier molecular flexibility index (Phi) is 7.61. The molecule has 1 saturated heterocycles. The lowest BCUT2D eigenvalue weighted by Crippen LogP contribution is -2.51. The molecule has 2 heterocycles. The standard InChI is InChI=1S/C25H26Br2N4O4/c1-14(32)15-2-3-16-13-31(25(35)29-21(16)12-15)18-6-8-30(9-7-18)23(34)5-4-22(33)17-10-19(26)24(28)20(27)11-17/h2-3,10-12,18H,4-9,13,28H2,1H3,(H,29,35). The molecule has 2 aromatic carbocycles. The summed E-state index contributed by atoms with van der Waals surface area (Å²) in [6, 6.07) is 8.55. The summed E-state index contributed by atoms with van der Waals surface area (Å²) in [4.78, 5) is 53.2. The van der Waals surface area contributed by atoms with E-state index in [0.29, 0.717) is 63.9 Å². The third-order valence-electron chi connectivity index (χ3n) is 6.58. The van der Waals surface area contributed by atoms with Gasteiger partial charge in [-0.05, 0) is 75.4 Å². The van der Waals surface area contributed by atoms with Gasteiger partial charge in [-0.15, -0.1) is 0 Å². The minimum absolute atomic E-state index is 0.0193. The summed E-state index contributed by atoms with van der Waals surface area (Å²) >= 11 is 6.68. The maximum absolute atomic E-state index is 12.7. The number of hydrogen-bond donors (Lipinski definition) is 2. The Morgan fingerprint density at radius 3 is 2.31 bits per heavy atom. The predicted molar refractivity (Wildman–Crippen MR) is 140 cm³/mol. The highest BCUT2D eigenvalue weighted by Crippen LogP contribution is 2.31. The first kappa shape index (κ1) is 25.4. The number of nitrogens with zero attached hydrogens (tertiary/aromatic N) is 2. The molecule has 2 aliphatic rings. The molecular weight excluding hydrogens is 580 g/mol. The number of carbonyl (C=O) groups is 4. The van der Waals surface area contributed by atoms with Gasteiger partial charge in [0.1, 0.15) is 0 Å². The molecule has 0 spiro atoms. The van der Waals surface area contributed by atoms with Gasteiger partial charge in [-0.25, -0.2) is 4.79 Å². The number of urea groups is 1. The van der Waals surface area contributed by atoms with Crippen molar-refractivity contribution in [2.75, 3.05) is 24.1 Å². The highest BCUT2D eigenvalue weighted by atomic mass is 79.9. The molecule has 3 N–H and O–H groups in total. The molecule has 0 radical (unpaired) electrons. The number of carbonyl (C=O) groups excluding carboxylic acids is 4. The van der Waals surface area contributed by atoms with Crippen LogP contribution in [0, 0.1) is 0 Å². The van der Waals surface area contributed by atoms with Gasteiger partial charge in [-0.2, -0.15) is 0 Å². The van der Waals surface area contributed by atoms with Crippen molar-refractivity contribution in [2.45, 2.75) is 45.2 Å². The number of rotatable bonds is 6. The first-order valence-corrected chi connectivity index (χ1v) is 13.0. The second-order valence-electron chi connectivity index (χ2n) is 8.87. The maximum Gasteiger partial charge on any atom is 0.322 e. The van der Waals surface area contributed by atoms with Crippen LogP contribution in [-0.4, -0.2) is 52.4 Å². The van der Waals surface area contributed by atoms with Crippen LogP contribution in [0.2, 0.25) is 0 Å². The van der Waals surface area contributed by atoms with E-state index in [9.17, 15) is 19.2 Å². The zero-order valence-electron chi connectivity index (χ0n) is 19.3. The minimum Gasteiger partial charge on any atom is -0.397 e. The zero-order valence-corrected chi connectivity index (χ0v) is 22.4. The van der Waals surface area contributed by atoms with Crippen molar-refractivity contribution in [1.29, 1.82) is 0 Å². The molecule has 2 aromatic rings. The lowest BCUT2D eigenvalue weighted by Gasteiger charge is -2.40. The lowest BCUT2D eigenvalue weighted by atomic mass is 9.99. The molecule has 0 aromatic heterocycles. The van der Waals surface area contributed by atoms with E-state index in [4.69, 9.17) is 5.73 Å². The van der Waals surface area contributed by atoms with Crippen molar-refractivity contribution in [3.05, 3.63) is 56.0 Å². The van der Waals surface area contributed by atoms with E-state index in [1.807, 2.05) is 6.07 Å². The van der Waals surface area contributed by atoms with Crippen molar-refractivity contribution in [2.24, 2.45) is 0 Å². The number of amides is 3. The van der Waals surface area contributed by atoms with Crippen LogP contribution < -0.4 is 11.1 Å². The Morgan fingerprint density at radius 2 is 1.69 bits per heavy atom. The number of nitrogen functional groups attached to an aromatic ring is 1. The summed E-state index contributed by atoms with van der Waals surface area (Å²) in [5.41, 5.74) is 9.11. The van der Waals surface area contributed by atoms with E-state index in [1.54, 1.807) is 34.1 Å². The molecule has 1 fully saturated rings. The normalized spacial score (nSPS) is 16.0. The highest BCUT2D eigenvalue weighted by molar-refractivity contribution is 9.11. The van der Waals surface area contributed by atoms with Crippen LogP contribution in [0.5, 0.6) is 0 Å². The molecule has 3 amide bonds. The van der Waals surface area contributed by atoms with Crippen LogP contribution in [0.15, 0.2) is 39.3 Å². The number of anilines is 2. The van der Waals surface area contributed by atoms with Crippen LogP contribution in [0.4, 0.5) is 16.2 Å². The fourth-order valence-corrected chi connectivity index (χ4v) is 5.67. The quantitative estimate of drug-likeness (QED) is 0.355. The maximum atomic E-state index is 12.7. The Hall–Kier alpha value is -2.72. The summed E-state index contributed by atoms with van der Waals surface area (Å²) in [5.74, 6) is -0.223. The van der Waals surface area contributed by atoms with Gasteiger partial charge in [0.05, 0.1) is 5.69 Å². The Labute approximate surface area is 220 Å². The third-order valence-corrected chi connectivity index (χ3v) is 7.90. The van der Waals surface area contributed by atoms with Crippen molar-refractivity contribution in [3.63, 3.8) is 0 Å². The van der Waals surface area contributed by atoms with Gasteiger partial charge < -0.3 is 20.9 Å². The number of piperidine rings is 1. The van der Waals surface area contributed by atoms with E-state index < -0.39 is 0 Å². The van der Waals surface area contributed by atoms with Crippen molar-refractivity contribution in [1.82, 2.24) is 9.80 Å². The van der Waals surface area contributed by atoms with Crippen molar-refractivity contribution >= 4 is 66.7 Å². The smallest absolute Gasteiger partial charge is 0.322 e. The van der Waals surface area contributed by atoms with Crippen molar-refractivity contribution < 1.29 is 19.2 Å². The molecular formula is C25H26Br2N4O4. The van der Waals surface area contributed by atoms with E-state index >= 15 is 0 Å². The molecule has 0 saturated carbocycles. The largest absolute Gasteiger partial charge is 0.397 e.